The third kappa shape index (κ3) is 10.4. The third-order valence-corrected chi connectivity index (χ3v) is 3.45. The fourth-order valence-electron chi connectivity index (χ4n) is 0.971. The van der Waals surface area contributed by atoms with Crippen LogP contribution in [0.15, 0.2) is 0 Å². The Labute approximate surface area is 71.3 Å². The summed E-state index contributed by atoms with van der Waals surface area (Å²) in [5.74, 6) is 0. The molecule has 0 aromatic carbocycles. The predicted octanol–water partition coefficient (Wildman–Crippen LogP) is 0.564. The minimum absolute atomic E-state index is 0.757. The van der Waals surface area contributed by atoms with Gasteiger partial charge in [-0.1, -0.05) is 0 Å². The molecule has 0 spiro atoms. The Balaban J connectivity index is 3.02. The molecule has 0 aliphatic rings. The van der Waals surface area contributed by atoms with Crippen LogP contribution >= 0.6 is 7.26 Å². The van der Waals surface area contributed by atoms with Gasteiger partial charge in [-0.05, 0) is 0 Å². The van der Waals surface area contributed by atoms with E-state index in [1.54, 1.807) is 0 Å². The van der Waals surface area contributed by atoms with E-state index in [-0.39, 0.29) is 0 Å². The molecule has 0 aromatic rings. The van der Waals surface area contributed by atoms with Gasteiger partial charge < -0.3 is 0 Å². The molecule has 0 unspecified atom stereocenters. The Morgan fingerprint density at radius 1 is 1.18 bits per heavy atom. The van der Waals surface area contributed by atoms with Gasteiger partial charge in [-0.25, -0.2) is 0 Å². The fourth-order valence-corrected chi connectivity index (χ4v) is 2.21. The van der Waals surface area contributed by atoms with Crippen LogP contribution in [-0.4, -0.2) is 45.8 Å². The molecule has 0 rings (SSSR count). The summed E-state index contributed by atoms with van der Waals surface area (Å²) < 4.78 is 0. The zero-order valence-electron chi connectivity index (χ0n) is 8.11. The molecule has 0 aliphatic carbocycles. The quantitative estimate of drug-likeness (QED) is 0.461. The van der Waals surface area contributed by atoms with E-state index in [1.807, 2.05) is 0 Å². The molecule has 3 N–H and O–H groups in total. The number of nitrogens with one attached hydrogen (secondary N) is 1. The molecule has 0 bridgehead atoms. The number of hydrogen-bond donors (Lipinski definition) is 2. The first kappa shape index (κ1) is 11.4. The first-order valence-electron chi connectivity index (χ1n) is 4.47. The Morgan fingerprint density at radius 3 is 2.27 bits per heavy atom. The summed E-state index contributed by atoms with van der Waals surface area (Å²) in [6, 6.07) is 0. The Hall–Kier alpha value is 0.350. The van der Waals surface area contributed by atoms with Crippen LogP contribution in [-0.2, 0) is 0 Å². The molecule has 0 fully saturated rings. The van der Waals surface area contributed by atoms with Crippen molar-refractivity contribution in [1.29, 1.82) is 0 Å². The Bertz CT molecular complexity index is 88.6. The molecule has 3 heteroatoms. The first-order chi connectivity index (χ1) is 5.06. The Kier molecular flexibility index (Phi) is 6.12. The molecule has 0 heterocycles. The van der Waals surface area contributed by atoms with E-state index in [4.69, 9.17) is 5.73 Å². The number of nitrogens with two attached hydrogens (primary N) is 1. The van der Waals surface area contributed by atoms with Gasteiger partial charge in [0.2, 0.25) is 0 Å². The summed E-state index contributed by atoms with van der Waals surface area (Å²) in [6.07, 6.45) is 2.74. The zero-order valence-corrected chi connectivity index (χ0v) is 9.11. The van der Waals surface area contributed by atoms with Crippen molar-refractivity contribution in [1.82, 2.24) is 5.32 Å². The van der Waals surface area contributed by atoms with Gasteiger partial charge in [-0.3, -0.25) is 0 Å². The molecule has 0 saturated heterocycles. The van der Waals surface area contributed by atoms with E-state index < -0.39 is 7.26 Å². The molecule has 0 atom stereocenters. The molecule has 0 aromatic heterocycles. The van der Waals surface area contributed by atoms with E-state index in [0.29, 0.717) is 0 Å². The first-order valence-corrected chi connectivity index (χ1v) is 8.18. The van der Waals surface area contributed by atoms with Crippen molar-refractivity contribution in [3.8, 4) is 0 Å². The van der Waals surface area contributed by atoms with Gasteiger partial charge in [-0.2, -0.15) is 0 Å². The summed E-state index contributed by atoms with van der Waals surface area (Å²) in [5, 5.41) is 3.30. The van der Waals surface area contributed by atoms with E-state index in [2.05, 4.69) is 25.3 Å². The topological polar surface area (TPSA) is 38.0 Å². The predicted molar refractivity (Wildman–Crippen MR) is 57.5 cm³/mol. The van der Waals surface area contributed by atoms with E-state index in [0.717, 1.165) is 19.6 Å². The van der Waals surface area contributed by atoms with Gasteiger partial charge in [0, 0.05) is 0 Å². The van der Waals surface area contributed by atoms with Gasteiger partial charge in [0.1, 0.15) is 0 Å². The number of hydrogen-bond acceptors (Lipinski definition) is 2. The SMILES string of the molecule is C[PH](C)(C)CCCNCCN. The van der Waals surface area contributed by atoms with Crippen molar-refractivity contribution in [2.45, 2.75) is 6.42 Å². The van der Waals surface area contributed by atoms with Crippen molar-refractivity contribution in [2.75, 3.05) is 45.8 Å². The fraction of sp³-hybridized carbons (Fsp3) is 1.00. The number of rotatable bonds is 6. The monoisotopic (exact) mass is 178 g/mol. The van der Waals surface area contributed by atoms with E-state index >= 15 is 0 Å². The normalized spacial score (nSPS) is 13.5. The average Bonchev–Trinajstić information content (AvgIpc) is 1.85. The molecule has 70 valence electrons. The Morgan fingerprint density at radius 2 is 1.82 bits per heavy atom. The molecule has 11 heavy (non-hydrogen) atoms. The third-order valence-electron chi connectivity index (χ3n) is 1.60. The maximum atomic E-state index is 5.34. The van der Waals surface area contributed by atoms with Crippen LogP contribution in [0.25, 0.3) is 0 Å². The second kappa shape index (κ2) is 5.93. The van der Waals surface area contributed by atoms with Crippen LogP contribution in [0.1, 0.15) is 6.42 Å². The van der Waals surface area contributed by atoms with Crippen molar-refractivity contribution >= 4 is 7.26 Å². The van der Waals surface area contributed by atoms with Crippen LogP contribution in [0.3, 0.4) is 0 Å². The van der Waals surface area contributed by atoms with Crippen LogP contribution in [0.4, 0.5) is 0 Å². The van der Waals surface area contributed by atoms with Crippen molar-refractivity contribution in [2.24, 2.45) is 5.73 Å². The average molecular weight is 178 g/mol. The van der Waals surface area contributed by atoms with Crippen LogP contribution in [0.5, 0.6) is 0 Å². The summed E-state index contributed by atoms with van der Waals surface area (Å²) in [5.41, 5.74) is 5.34. The second-order valence-corrected chi connectivity index (χ2v) is 9.82. The summed E-state index contributed by atoms with van der Waals surface area (Å²) >= 11 is 0. The van der Waals surface area contributed by atoms with Gasteiger partial charge in [0.05, 0.1) is 0 Å². The standard InChI is InChI=1S/C8H23N2P/c1-11(2,3)8-4-6-10-7-5-9/h10-11H,4-9H2,1-3H3. The minimum atomic E-state index is -0.789. The van der Waals surface area contributed by atoms with Gasteiger partial charge in [0.25, 0.3) is 0 Å². The van der Waals surface area contributed by atoms with Crippen LogP contribution in [0, 0.1) is 0 Å². The molecule has 0 aliphatic heterocycles. The maximum absolute atomic E-state index is 5.34. The molecule has 0 saturated carbocycles. The second-order valence-electron chi connectivity index (χ2n) is 4.20. The molecule has 2 nitrogen and oxygen atoms in total. The summed E-state index contributed by atoms with van der Waals surface area (Å²) in [7, 11) is -0.789. The summed E-state index contributed by atoms with van der Waals surface area (Å²) in [4.78, 5) is 0. The van der Waals surface area contributed by atoms with Crippen molar-refractivity contribution < 1.29 is 0 Å². The van der Waals surface area contributed by atoms with E-state index in [9.17, 15) is 0 Å². The van der Waals surface area contributed by atoms with Crippen molar-refractivity contribution in [3.63, 3.8) is 0 Å². The van der Waals surface area contributed by atoms with Gasteiger partial charge >= 0.3 is 70.5 Å². The molecule has 0 radical (unpaired) electrons. The van der Waals surface area contributed by atoms with Crippen LogP contribution < -0.4 is 11.1 Å². The van der Waals surface area contributed by atoms with E-state index in [1.165, 1.54) is 12.6 Å². The molecule has 0 amide bonds. The van der Waals surface area contributed by atoms with Gasteiger partial charge in [-0.15, -0.1) is 0 Å². The van der Waals surface area contributed by atoms with Crippen LogP contribution in [0.2, 0.25) is 0 Å². The van der Waals surface area contributed by atoms with Gasteiger partial charge in [0.15, 0.2) is 0 Å². The summed E-state index contributed by atoms with van der Waals surface area (Å²) in [6.45, 7) is 10.1. The van der Waals surface area contributed by atoms with Crippen molar-refractivity contribution in [3.05, 3.63) is 0 Å². The zero-order chi connectivity index (χ0) is 8.74. The molecular formula is C8H23N2P. The molecular weight excluding hydrogens is 155 g/mol.